The van der Waals surface area contributed by atoms with Crippen molar-refractivity contribution in [3.63, 3.8) is 0 Å². The lowest BCUT2D eigenvalue weighted by atomic mass is 9.83. The van der Waals surface area contributed by atoms with E-state index in [-0.39, 0.29) is 5.41 Å². The molecule has 0 aromatic heterocycles. The fourth-order valence-electron chi connectivity index (χ4n) is 1.80. The summed E-state index contributed by atoms with van der Waals surface area (Å²) in [5.41, 5.74) is 6.02. The van der Waals surface area contributed by atoms with Gasteiger partial charge < -0.3 is 15.2 Å². The molecule has 1 aliphatic heterocycles. The van der Waals surface area contributed by atoms with E-state index >= 15 is 0 Å². The molecule has 0 aliphatic carbocycles. The Bertz CT molecular complexity index is 133. The van der Waals surface area contributed by atoms with E-state index in [1.165, 1.54) is 0 Å². The Morgan fingerprint density at radius 2 is 2.38 bits per heavy atom. The Hall–Kier alpha value is -0.120. The second-order valence-corrected chi connectivity index (χ2v) is 3.81. The van der Waals surface area contributed by atoms with Gasteiger partial charge in [-0.05, 0) is 26.2 Å². The Morgan fingerprint density at radius 1 is 1.54 bits per heavy atom. The Labute approximate surface area is 80.6 Å². The van der Waals surface area contributed by atoms with Crippen LogP contribution >= 0.6 is 0 Å². The first-order valence-corrected chi connectivity index (χ1v) is 5.18. The quantitative estimate of drug-likeness (QED) is 0.635. The van der Waals surface area contributed by atoms with E-state index in [1.807, 2.05) is 6.92 Å². The lowest BCUT2D eigenvalue weighted by Gasteiger charge is -2.24. The van der Waals surface area contributed by atoms with Gasteiger partial charge in [-0.1, -0.05) is 0 Å². The zero-order valence-corrected chi connectivity index (χ0v) is 8.55. The van der Waals surface area contributed by atoms with Crippen molar-refractivity contribution in [2.24, 2.45) is 11.1 Å². The fourth-order valence-corrected chi connectivity index (χ4v) is 1.80. The number of hydrogen-bond donors (Lipinski definition) is 1. The van der Waals surface area contributed by atoms with Crippen LogP contribution in [0.1, 0.15) is 26.2 Å². The van der Waals surface area contributed by atoms with Gasteiger partial charge in [-0.15, -0.1) is 0 Å². The van der Waals surface area contributed by atoms with E-state index in [2.05, 4.69) is 0 Å². The highest BCUT2D eigenvalue weighted by Crippen LogP contribution is 2.32. The van der Waals surface area contributed by atoms with Crippen LogP contribution in [-0.4, -0.2) is 33.0 Å². The summed E-state index contributed by atoms with van der Waals surface area (Å²) in [4.78, 5) is 0. The van der Waals surface area contributed by atoms with E-state index in [9.17, 15) is 0 Å². The van der Waals surface area contributed by atoms with Crippen LogP contribution in [0.4, 0.5) is 0 Å². The minimum absolute atomic E-state index is 0.261. The summed E-state index contributed by atoms with van der Waals surface area (Å²) in [6.45, 7) is 6.17. The molecule has 0 spiro atoms. The molecule has 1 fully saturated rings. The number of nitrogens with two attached hydrogens (primary N) is 1. The molecule has 1 atom stereocenters. The number of ether oxygens (including phenoxy) is 2. The van der Waals surface area contributed by atoms with E-state index in [1.54, 1.807) is 0 Å². The first-order valence-electron chi connectivity index (χ1n) is 5.18. The van der Waals surface area contributed by atoms with E-state index < -0.39 is 0 Å². The smallest absolute Gasteiger partial charge is 0.0535 e. The lowest BCUT2D eigenvalue weighted by Crippen LogP contribution is -2.31. The van der Waals surface area contributed by atoms with Crippen LogP contribution in [0.25, 0.3) is 0 Å². The number of rotatable bonds is 6. The molecule has 0 amide bonds. The Kier molecular flexibility index (Phi) is 4.70. The molecule has 3 nitrogen and oxygen atoms in total. The van der Waals surface area contributed by atoms with E-state index in [0.717, 1.165) is 52.2 Å². The maximum atomic E-state index is 5.76. The van der Waals surface area contributed by atoms with Crippen molar-refractivity contribution in [3.05, 3.63) is 0 Å². The topological polar surface area (TPSA) is 44.5 Å². The van der Waals surface area contributed by atoms with Crippen LogP contribution in [0.5, 0.6) is 0 Å². The standard InChI is InChI=1S/C10H21NO2/c1-2-12-6-3-4-10(8-11)5-7-13-9-10/h2-9,11H2,1H3. The van der Waals surface area contributed by atoms with Crippen LogP contribution in [0.3, 0.4) is 0 Å². The van der Waals surface area contributed by atoms with Gasteiger partial charge in [0.2, 0.25) is 0 Å². The van der Waals surface area contributed by atoms with Gasteiger partial charge in [-0.25, -0.2) is 0 Å². The lowest BCUT2D eigenvalue weighted by molar-refractivity contribution is 0.115. The molecule has 1 aliphatic rings. The molecule has 1 rings (SSSR count). The highest BCUT2D eigenvalue weighted by molar-refractivity contribution is 4.83. The minimum atomic E-state index is 0.261. The van der Waals surface area contributed by atoms with E-state index in [4.69, 9.17) is 15.2 Å². The summed E-state index contributed by atoms with van der Waals surface area (Å²) in [6.07, 6.45) is 3.37. The maximum absolute atomic E-state index is 5.76. The van der Waals surface area contributed by atoms with Gasteiger partial charge in [0.1, 0.15) is 0 Å². The first kappa shape index (κ1) is 11.0. The van der Waals surface area contributed by atoms with Crippen LogP contribution in [0.2, 0.25) is 0 Å². The number of hydrogen-bond acceptors (Lipinski definition) is 3. The van der Waals surface area contributed by atoms with Crippen molar-refractivity contribution in [2.45, 2.75) is 26.2 Å². The Morgan fingerprint density at radius 3 is 2.92 bits per heavy atom. The van der Waals surface area contributed by atoms with Crippen LogP contribution in [-0.2, 0) is 9.47 Å². The second-order valence-electron chi connectivity index (χ2n) is 3.81. The average Bonchev–Trinajstić information content (AvgIpc) is 2.62. The third-order valence-corrected chi connectivity index (χ3v) is 2.82. The fraction of sp³-hybridized carbons (Fsp3) is 1.00. The molecule has 1 unspecified atom stereocenters. The van der Waals surface area contributed by atoms with Crippen molar-refractivity contribution < 1.29 is 9.47 Å². The average molecular weight is 187 g/mol. The predicted molar refractivity (Wildman–Crippen MR) is 52.7 cm³/mol. The van der Waals surface area contributed by atoms with Crippen molar-refractivity contribution >= 4 is 0 Å². The monoisotopic (exact) mass is 187 g/mol. The van der Waals surface area contributed by atoms with Crippen LogP contribution < -0.4 is 5.73 Å². The molecule has 0 radical (unpaired) electrons. The Balaban J connectivity index is 2.16. The molecule has 0 aromatic carbocycles. The molecule has 0 aromatic rings. The second kappa shape index (κ2) is 5.58. The van der Waals surface area contributed by atoms with Crippen molar-refractivity contribution in [3.8, 4) is 0 Å². The summed E-state index contributed by atoms with van der Waals surface area (Å²) >= 11 is 0. The molecule has 2 N–H and O–H groups in total. The molecule has 1 saturated heterocycles. The molecule has 0 saturated carbocycles. The van der Waals surface area contributed by atoms with Gasteiger partial charge in [0.25, 0.3) is 0 Å². The molecule has 13 heavy (non-hydrogen) atoms. The van der Waals surface area contributed by atoms with Gasteiger partial charge in [0.05, 0.1) is 6.61 Å². The van der Waals surface area contributed by atoms with Crippen LogP contribution in [0.15, 0.2) is 0 Å². The largest absolute Gasteiger partial charge is 0.382 e. The van der Waals surface area contributed by atoms with Gasteiger partial charge in [0.15, 0.2) is 0 Å². The van der Waals surface area contributed by atoms with Crippen molar-refractivity contribution in [1.29, 1.82) is 0 Å². The van der Waals surface area contributed by atoms with Gasteiger partial charge in [-0.3, -0.25) is 0 Å². The molecule has 0 bridgehead atoms. The molecule has 1 heterocycles. The summed E-state index contributed by atoms with van der Waals surface area (Å²) < 4.78 is 10.7. The van der Waals surface area contributed by atoms with Crippen molar-refractivity contribution in [2.75, 3.05) is 33.0 Å². The molecule has 78 valence electrons. The third-order valence-electron chi connectivity index (χ3n) is 2.82. The van der Waals surface area contributed by atoms with Crippen LogP contribution in [0, 0.1) is 5.41 Å². The molecular formula is C10H21NO2. The first-order chi connectivity index (χ1) is 6.33. The highest BCUT2D eigenvalue weighted by Gasteiger charge is 2.32. The van der Waals surface area contributed by atoms with Gasteiger partial charge in [0, 0.05) is 31.8 Å². The summed E-state index contributed by atoms with van der Waals surface area (Å²) in [5, 5.41) is 0. The zero-order chi connectivity index (χ0) is 9.57. The summed E-state index contributed by atoms with van der Waals surface area (Å²) in [5.74, 6) is 0. The van der Waals surface area contributed by atoms with E-state index in [0.29, 0.717) is 0 Å². The maximum Gasteiger partial charge on any atom is 0.0535 e. The molecular weight excluding hydrogens is 166 g/mol. The third kappa shape index (κ3) is 3.25. The summed E-state index contributed by atoms with van der Waals surface area (Å²) in [6, 6.07) is 0. The van der Waals surface area contributed by atoms with Gasteiger partial charge in [-0.2, -0.15) is 0 Å². The predicted octanol–water partition coefficient (Wildman–Crippen LogP) is 1.17. The van der Waals surface area contributed by atoms with Crippen molar-refractivity contribution in [1.82, 2.24) is 0 Å². The highest BCUT2D eigenvalue weighted by atomic mass is 16.5. The minimum Gasteiger partial charge on any atom is -0.382 e. The molecule has 3 heteroatoms. The van der Waals surface area contributed by atoms with Gasteiger partial charge >= 0.3 is 0 Å². The summed E-state index contributed by atoms with van der Waals surface area (Å²) in [7, 11) is 0. The zero-order valence-electron chi connectivity index (χ0n) is 8.55. The normalized spacial score (nSPS) is 28.2. The SMILES string of the molecule is CCOCCCC1(CN)CCOC1.